The Morgan fingerprint density at radius 2 is 2.05 bits per heavy atom. The standard InChI is InChI=1S/C16H17NOS/c17-13-4-3-5-14(10-13)19-11-12-8-9-18-16-7-2-1-6-15(12)16/h1-7,10,12H,8-9,11,17H2. The monoisotopic (exact) mass is 271 g/mol. The Morgan fingerprint density at radius 1 is 1.16 bits per heavy atom. The van der Waals surface area contributed by atoms with Crippen LogP contribution in [0.3, 0.4) is 0 Å². The van der Waals surface area contributed by atoms with Crippen LogP contribution in [-0.4, -0.2) is 12.4 Å². The zero-order chi connectivity index (χ0) is 13.1. The van der Waals surface area contributed by atoms with Crippen LogP contribution in [0.1, 0.15) is 17.9 Å². The molecule has 0 fully saturated rings. The third-order valence-corrected chi connectivity index (χ3v) is 4.55. The van der Waals surface area contributed by atoms with E-state index in [0.29, 0.717) is 5.92 Å². The number of hydrogen-bond donors (Lipinski definition) is 1. The fourth-order valence-corrected chi connectivity index (χ4v) is 3.52. The maximum Gasteiger partial charge on any atom is 0.122 e. The minimum Gasteiger partial charge on any atom is -0.493 e. The molecule has 3 heteroatoms. The summed E-state index contributed by atoms with van der Waals surface area (Å²) >= 11 is 1.87. The molecule has 2 N–H and O–H groups in total. The number of fused-ring (bicyclic) bond motifs is 1. The smallest absolute Gasteiger partial charge is 0.122 e. The SMILES string of the molecule is Nc1cccc(SCC2CCOc3ccccc32)c1. The van der Waals surface area contributed by atoms with Crippen molar-refractivity contribution in [3.8, 4) is 5.75 Å². The van der Waals surface area contributed by atoms with Gasteiger partial charge in [-0.05, 0) is 36.2 Å². The van der Waals surface area contributed by atoms with Crippen LogP contribution in [0.4, 0.5) is 5.69 Å². The van der Waals surface area contributed by atoms with E-state index in [1.165, 1.54) is 10.5 Å². The number of thioether (sulfide) groups is 1. The molecule has 2 aromatic rings. The average Bonchev–Trinajstić information content (AvgIpc) is 2.45. The molecule has 1 aliphatic heterocycles. The summed E-state index contributed by atoms with van der Waals surface area (Å²) in [5.41, 5.74) is 7.98. The first-order valence-corrected chi connectivity index (χ1v) is 7.51. The number of benzene rings is 2. The lowest BCUT2D eigenvalue weighted by molar-refractivity contribution is 0.273. The largest absolute Gasteiger partial charge is 0.493 e. The maximum atomic E-state index is 5.81. The molecule has 1 unspecified atom stereocenters. The van der Waals surface area contributed by atoms with Gasteiger partial charge >= 0.3 is 0 Å². The van der Waals surface area contributed by atoms with Crippen molar-refractivity contribution in [2.45, 2.75) is 17.2 Å². The van der Waals surface area contributed by atoms with Gasteiger partial charge in [-0.15, -0.1) is 11.8 Å². The molecule has 3 rings (SSSR count). The molecule has 1 heterocycles. The Bertz CT molecular complexity index is 570. The van der Waals surface area contributed by atoms with Gasteiger partial charge in [-0.1, -0.05) is 24.3 Å². The van der Waals surface area contributed by atoms with Crippen molar-refractivity contribution >= 4 is 17.4 Å². The number of anilines is 1. The first-order chi connectivity index (χ1) is 9.33. The van der Waals surface area contributed by atoms with Gasteiger partial charge in [-0.3, -0.25) is 0 Å². The first-order valence-electron chi connectivity index (χ1n) is 6.53. The summed E-state index contributed by atoms with van der Waals surface area (Å²) in [6, 6.07) is 16.5. The second kappa shape index (κ2) is 5.57. The number of nitrogens with two attached hydrogens (primary N) is 1. The van der Waals surface area contributed by atoms with E-state index >= 15 is 0 Å². The summed E-state index contributed by atoms with van der Waals surface area (Å²) < 4.78 is 5.70. The lowest BCUT2D eigenvalue weighted by Gasteiger charge is -2.25. The number of ether oxygens (including phenoxy) is 1. The molecule has 0 amide bonds. The Morgan fingerprint density at radius 3 is 2.95 bits per heavy atom. The predicted octanol–water partition coefficient (Wildman–Crippen LogP) is 3.93. The second-order valence-electron chi connectivity index (χ2n) is 4.76. The molecule has 2 aromatic carbocycles. The zero-order valence-corrected chi connectivity index (χ0v) is 11.5. The van der Waals surface area contributed by atoms with Crippen LogP contribution >= 0.6 is 11.8 Å². The summed E-state index contributed by atoms with van der Waals surface area (Å²) in [7, 11) is 0. The van der Waals surface area contributed by atoms with Gasteiger partial charge in [0.1, 0.15) is 5.75 Å². The van der Waals surface area contributed by atoms with E-state index in [-0.39, 0.29) is 0 Å². The Balaban J connectivity index is 1.71. The quantitative estimate of drug-likeness (QED) is 0.678. The predicted molar refractivity (Wildman–Crippen MR) is 80.9 cm³/mol. The lowest BCUT2D eigenvalue weighted by atomic mass is 9.95. The molecule has 0 aromatic heterocycles. The van der Waals surface area contributed by atoms with Gasteiger partial charge in [0, 0.05) is 22.3 Å². The van der Waals surface area contributed by atoms with E-state index in [9.17, 15) is 0 Å². The van der Waals surface area contributed by atoms with Crippen LogP contribution in [0.2, 0.25) is 0 Å². The molecule has 0 spiro atoms. The highest BCUT2D eigenvalue weighted by Crippen LogP contribution is 2.37. The fourth-order valence-electron chi connectivity index (χ4n) is 2.39. The Hall–Kier alpha value is -1.61. The summed E-state index contributed by atoms with van der Waals surface area (Å²) in [4.78, 5) is 1.24. The van der Waals surface area contributed by atoms with Gasteiger partial charge in [0.15, 0.2) is 0 Å². The zero-order valence-electron chi connectivity index (χ0n) is 10.7. The van der Waals surface area contributed by atoms with E-state index in [2.05, 4.69) is 24.3 Å². The summed E-state index contributed by atoms with van der Waals surface area (Å²) in [5.74, 6) is 2.69. The van der Waals surface area contributed by atoms with E-state index in [1.807, 2.05) is 36.0 Å². The van der Waals surface area contributed by atoms with Gasteiger partial charge in [0.2, 0.25) is 0 Å². The van der Waals surface area contributed by atoms with Gasteiger partial charge in [-0.25, -0.2) is 0 Å². The number of rotatable bonds is 3. The minimum atomic E-state index is 0.566. The third kappa shape index (κ3) is 2.87. The van der Waals surface area contributed by atoms with Crippen molar-refractivity contribution < 1.29 is 4.74 Å². The van der Waals surface area contributed by atoms with Gasteiger partial charge in [0.05, 0.1) is 6.61 Å². The van der Waals surface area contributed by atoms with E-state index in [4.69, 9.17) is 10.5 Å². The molecule has 0 bridgehead atoms. The molecule has 98 valence electrons. The van der Waals surface area contributed by atoms with Crippen LogP contribution in [0.15, 0.2) is 53.4 Å². The average molecular weight is 271 g/mol. The van der Waals surface area contributed by atoms with Crippen molar-refractivity contribution in [1.82, 2.24) is 0 Å². The Labute approximate surface area is 118 Å². The highest BCUT2D eigenvalue weighted by atomic mass is 32.2. The number of nitrogen functional groups attached to an aromatic ring is 1. The molecule has 0 saturated heterocycles. The summed E-state index contributed by atoms with van der Waals surface area (Å²) in [5, 5.41) is 0. The molecular formula is C16H17NOS. The van der Waals surface area contributed by atoms with E-state index in [1.54, 1.807) is 0 Å². The molecule has 1 atom stereocenters. The van der Waals surface area contributed by atoms with E-state index < -0.39 is 0 Å². The van der Waals surface area contributed by atoms with Crippen molar-refractivity contribution in [1.29, 1.82) is 0 Å². The number of para-hydroxylation sites is 1. The maximum absolute atomic E-state index is 5.81. The summed E-state index contributed by atoms with van der Waals surface area (Å²) in [6.07, 6.45) is 1.09. The van der Waals surface area contributed by atoms with Crippen LogP contribution in [0, 0.1) is 0 Å². The van der Waals surface area contributed by atoms with Crippen molar-refractivity contribution in [3.63, 3.8) is 0 Å². The van der Waals surface area contributed by atoms with Crippen LogP contribution in [0.5, 0.6) is 5.75 Å². The van der Waals surface area contributed by atoms with Gasteiger partial charge in [0.25, 0.3) is 0 Å². The van der Waals surface area contributed by atoms with Crippen molar-refractivity contribution in [3.05, 3.63) is 54.1 Å². The van der Waals surface area contributed by atoms with Crippen molar-refractivity contribution in [2.75, 3.05) is 18.1 Å². The molecule has 2 nitrogen and oxygen atoms in total. The Kier molecular flexibility index (Phi) is 3.65. The van der Waals surface area contributed by atoms with E-state index in [0.717, 1.165) is 30.2 Å². The fraction of sp³-hybridized carbons (Fsp3) is 0.250. The second-order valence-corrected chi connectivity index (χ2v) is 5.85. The topological polar surface area (TPSA) is 35.2 Å². The third-order valence-electron chi connectivity index (χ3n) is 3.39. The molecule has 0 radical (unpaired) electrons. The first kappa shape index (κ1) is 12.4. The number of hydrogen-bond acceptors (Lipinski definition) is 3. The highest BCUT2D eigenvalue weighted by molar-refractivity contribution is 7.99. The summed E-state index contributed by atoms with van der Waals surface area (Å²) in [6.45, 7) is 0.819. The van der Waals surface area contributed by atoms with Crippen molar-refractivity contribution in [2.24, 2.45) is 0 Å². The molecule has 0 aliphatic carbocycles. The van der Waals surface area contributed by atoms with Gasteiger partial charge < -0.3 is 10.5 Å². The van der Waals surface area contributed by atoms with Gasteiger partial charge in [-0.2, -0.15) is 0 Å². The van der Waals surface area contributed by atoms with Crippen LogP contribution < -0.4 is 10.5 Å². The minimum absolute atomic E-state index is 0.566. The van der Waals surface area contributed by atoms with Crippen LogP contribution in [-0.2, 0) is 0 Å². The normalized spacial score (nSPS) is 17.6. The molecular weight excluding hydrogens is 254 g/mol. The highest BCUT2D eigenvalue weighted by Gasteiger charge is 2.20. The van der Waals surface area contributed by atoms with Crippen LogP contribution in [0.25, 0.3) is 0 Å². The molecule has 0 saturated carbocycles. The molecule has 1 aliphatic rings. The molecule has 19 heavy (non-hydrogen) atoms. The lowest BCUT2D eigenvalue weighted by Crippen LogP contribution is -2.15.